The van der Waals surface area contributed by atoms with Crippen LogP contribution in [0.3, 0.4) is 0 Å². The molecule has 6 heteroatoms. The molecule has 1 heterocycles. The van der Waals surface area contributed by atoms with Crippen LogP contribution in [0, 0.1) is 0 Å². The second-order valence-electron chi connectivity index (χ2n) is 5.22. The molecule has 0 aromatic heterocycles. The van der Waals surface area contributed by atoms with Gasteiger partial charge < -0.3 is 4.90 Å². The Morgan fingerprint density at radius 3 is 2.48 bits per heavy atom. The van der Waals surface area contributed by atoms with Crippen LogP contribution in [0.15, 0.2) is 24.3 Å². The van der Waals surface area contributed by atoms with Gasteiger partial charge in [-0.15, -0.1) is 11.6 Å². The standard InChI is InChI=1S/C13H16BrNO.C4H6Cl2O/c14-9-4-3-7-13(16)15-10-8-11-5-1-2-6-12(11)15;5-3-1-2-4(6)7/h1-2,5-6H,3-4,7-10H2;1-3H2. The number of benzene rings is 1. The van der Waals surface area contributed by atoms with Gasteiger partial charge in [0.2, 0.25) is 11.1 Å². The highest BCUT2D eigenvalue weighted by molar-refractivity contribution is 9.09. The van der Waals surface area contributed by atoms with E-state index in [0.717, 1.165) is 36.8 Å². The maximum atomic E-state index is 12.0. The molecule has 0 fully saturated rings. The first kappa shape index (κ1) is 20.5. The zero-order valence-electron chi connectivity index (χ0n) is 13.1. The summed E-state index contributed by atoms with van der Waals surface area (Å²) in [5.41, 5.74) is 2.42. The molecule has 0 unspecified atom stereocenters. The molecule has 3 nitrogen and oxygen atoms in total. The Hall–Kier alpha value is -0.580. The van der Waals surface area contributed by atoms with E-state index in [1.807, 2.05) is 23.1 Å². The fraction of sp³-hybridized carbons (Fsp3) is 0.529. The lowest BCUT2D eigenvalue weighted by atomic mass is 10.2. The monoisotopic (exact) mass is 421 g/mol. The SMILES string of the molecule is O=C(CCCCBr)N1CCc2ccccc21.O=C(Cl)CCCCl. The van der Waals surface area contributed by atoms with Gasteiger partial charge in [-0.3, -0.25) is 9.59 Å². The van der Waals surface area contributed by atoms with Crippen molar-refractivity contribution >= 4 is 56.0 Å². The van der Waals surface area contributed by atoms with E-state index in [2.05, 4.69) is 22.0 Å². The molecular formula is C17H22BrCl2NO2. The molecule has 1 aromatic carbocycles. The molecule has 0 saturated carbocycles. The van der Waals surface area contributed by atoms with E-state index in [4.69, 9.17) is 23.2 Å². The summed E-state index contributed by atoms with van der Waals surface area (Å²) < 4.78 is 0. The van der Waals surface area contributed by atoms with Gasteiger partial charge in [0.1, 0.15) is 0 Å². The van der Waals surface area contributed by atoms with Crippen molar-refractivity contribution in [3.05, 3.63) is 29.8 Å². The number of halogens is 3. The summed E-state index contributed by atoms with van der Waals surface area (Å²) in [6.07, 6.45) is 4.79. The number of alkyl halides is 2. The fourth-order valence-corrected chi connectivity index (χ4v) is 2.97. The number of carbonyl (C=O) groups excluding carboxylic acids is 2. The highest BCUT2D eigenvalue weighted by Crippen LogP contribution is 2.28. The van der Waals surface area contributed by atoms with Gasteiger partial charge in [-0.2, -0.15) is 0 Å². The molecule has 23 heavy (non-hydrogen) atoms. The number of hydrogen-bond acceptors (Lipinski definition) is 2. The topological polar surface area (TPSA) is 37.4 Å². The molecule has 1 aliphatic heterocycles. The lowest BCUT2D eigenvalue weighted by Crippen LogP contribution is -2.28. The quantitative estimate of drug-likeness (QED) is 0.355. The van der Waals surface area contributed by atoms with Crippen molar-refractivity contribution < 1.29 is 9.59 Å². The largest absolute Gasteiger partial charge is 0.312 e. The van der Waals surface area contributed by atoms with Crippen molar-refractivity contribution in [1.82, 2.24) is 0 Å². The fourth-order valence-electron chi connectivity index (χ4n) is 2.31. The first-order valence-electron chi connectivity index (χ1n) is 7.78. The van der Waals surface area contributed by atoms with E-state index >= 15 is 0 Å². The van der Waals surface area contributed by atoms with Gasteiger partial charge >= 0.3 is 0 Å². The van der Waals surface area contributed by atoms with Crippen molar-refractivity contribution in [1.29, 1.82) is 0 Å². The summed E-state index contributed by atoms with van der Waals surface area (Å²) in [5.74, 6) is 0.782. The minimum atomic E-state index is -0.305. The number of hydrogen-bond donors (Lipinski definition) is 0. The van der Waals surface area contributed by atoms with Crippen molar-refractivity contribution in [3.63, 3.8) is 0 Å². The zero-order chi connectivity index (χ0) is 17.1. The van der Waals surface area contributed by atoms with Crippen LogP contribution in [-0.2, 0) is 16.0 Å². The number of nitrogens with zero attached hydrogens (tertiary/aromatic N) is 1. The molecule has 0 spiro atoms. The normalized spacial score (nSPS) is 12.4. The lowest BCUT2D eigenvalue weighted by molar-refractivity contribution is -0.118. The molecule has 0 bridgehead atoms. The van der Waals surface area contributed by atoms with Crippen LogP contribution in [-0.4, -0.2) is 28.9 Å². The predicted octanol–water partition coefficient (Wildman–Crippen LogP) is 4.91. The molecule has 1 aliphatic rings. The maximum Gasteiger partial charge on any atom is 0.226 e. The summed E-state index contributed by atoms with van der Waals surface area (Å²) in [7, 11) is 0. The van der Waals surface area contributed by atoms with Gasteiger partial charge in [-0.05, 0) is 48.9 Å². The summed E-state index contributed by atoms with van der Waals surface area (Å²) in [6, 6.07) is 8.20. The number of rotatable bonds is 7. The minimum Gasteiger partial charge on any atom is -0.312 e. The Bertz CT molecular complexity index is 511. The highest BCUT2D eigenvalue weighted by Gasteiger charge is 2.23. The Balaban J connectivity index is 0.000000322. The zero-order valence-corrected chi connectivity index (χ0v) is 16.2. The lowest BCUT2D eigenvalue weighted by Gasteiger charge is -2.16. The number of carbonyl (C=O) groups is 2. The third-order valence-electron chi connectivity index (χ3n) is 3.47. The molecule has 0 atom stereocenters. The van der Waals surface area contributed by atoms with Crippen LogP contribution in [0.5, 0.6) is 0 Å². The van der Waals surface area contributed by atoms with Crippen LogP contribution in [0.25, 0.3) is 0 Å². The number of unbranched alkanes of at least 4 members (excludes halogenated alkanes) is 1. The molecular weight excluding hydrogens is 401 g/mol. The predicted molar refractivity (Wildman–Crippen MR) is 101 cm³/mol. The van der Waals surface area contributed by atoms with Gasteiger partial charge in [-0.1, -0.05) is 34.1 Å². The molecule has 0 N–H and O–H groups in total. The van der Waals surface area contributed by atoms with E-state index < -0.39 is 0 Å². The van der Waals surface area contributed by atoms with Gasteiger partial charge in [0.05, 0.1) is 0 Å². The Morgan fingerprint density at radius 2 is 1.87 bits per heavy atom. The second kappa shape index (κ2) is 11.9. The van der Waals surface area contributed by atoms with Crippen LogP contribution in [0.4, 0.5) is 5.69 Å². The Labute approximate surface area is 156 Å². The van der Waals surface area contributed by atoms with Crippen LogP contribution < -0.4 is 4.90 Å². The van der Waals surface area contributed by atoms with E-state index in [-0.39, 0.29) is 11.1 Å². The van der Waals surface area contributed by atoms with E-state index in [9.17, 15) is 9.59 Å². The number of para-hydroxylation sites is 1. The van der Waals surface area contributed by atoms with E-state index in [0.29, 0.717) is 25.1 Å². The molecule has 0 aliphatic carbocycles. The first-order valence-corrected chi connectivity index (χ1v) is 9.82. The average molecular weight is 423 g/mol. The molecule has 0 radical (unpaired) electrons. The number of fused-ring (bicyclic) bond motifs is 1. The van der Waals surface area contributed by atoms with Crippen LogP contribution >= 0.6 is 39.1 Å². The van der Waals surface area contributed by atoms with Crippen LogP contribution in [0.2, 0.25) is 0 Å². The summed E-state index contributed by atoms with van der Waals surface area (Å²) in [6.45, 7) is 0.854. The van der Waals surface area contributed by atoms with Gasteiger partial charge in [0, 0.05) is 36.3 Å². The average Bonchev–Trinajstić information content (AvgIpc) is 2.97. The van der Waals surface area contributed by atoms with Crippen molar-refractivity contribution in [2.24, 2.45) is 0 Å². The molecule has 1 aromatic rings. The smallest absolute Gasteiger partial charge is 0.226 e. The van der Waals surface area contributed by atoms with E-state index in [1.54, 1.807) is 0 Å². The number of amides is 1. The third-order valence-corrected chi connectivity index (χ3v) is 4.49. The molecule has 128 valence electrons. The molecule has 0 saturated heterocycles. The highest BCUT2D eigenvalue weighted by atomic mass is 79.9. The summed E-state index contributed by atoms with van der Waals surface area (Å²) in [4.78, 5) is 23.8. The molecule has 1 amide bonds. The Morgan fingerprint density at radius 1 is 1.13 bits per heavy atom. The van der Waals surface area contributed by atoms with E-state index in [1.165, 1.54) is 5.56 Å². The van der Waals surface area contributed by atoms with Crippen molar-refractivity contribution in [3.8, 4) is 0 Å². The van der Waals surface area contributed by atoms with Crippen molar-refractivity contribution in [2.45, 2.75) is 38.5 Å². The summed E-state index contributed by atoms with van der Waals surface area (Å²) in [5, 5.41) is 0.678. The van der Waals surface area contributed by atoms with Gasteiger partial charge in [0.25, 0.3) is 0 Å². The summed E-state index contributed by atoms with van der Waals surface area (Å²) >= 11 is 13.6. The van der Waals surface area contributed by atoms with Crippen molar-refractivity contribution in [2.75, 3.05) is 22.7 Å². The Kier molecular flexibility index (Phi) is 10.6. The van der Waals surface area contributed by atoms with Gasteiger partial charge in [-0.25, -0.2) is 0 Å². The maximum absolute atomic E-state index is 12.0. The number of anilines is 1. The van der Waals surface area contributed by atoms with Crippen LogP contribution in [0.1, 0.15) is 37.7 Å². The first-order chi connectivity index (χ1) is 11.1. The third kappa shape index (κ3) is 7.69. The second-order valence-corrected chi connectivity index (χ2v) is 6.81. The minimum absolute atomic E-state index is 0.269. The van der Waals surface area contributed by atoms with Gasteiger partial charge in [0.15, 0.2) is 0 Å². The molecule has 2 rings (SSSR count).